The number of carbonyl (C=O) groups excluding carboxylic acids is 2. The van der Waals surface area contributed by atoms with Crippen molar-refractivity contribution in [1.82, 2.24) is 20.1 Å². The molecule has 2 rings (SSSR count). The second-order valence-electron chi connectivity index (χ2n) is 4.48. The van der Waals surface area contributed by atoms with Crippen molar-refractivity contribution in [2.45, 2.75) is 6.54 Å². The number of hydrogen-bond donors (Lipinski definition) is 1. The van der Waals surface area contributed by atoms with Crippen LogP contribution in [-0.2, 0) is 16.1 Å². The van der Waals surface area contributed by atoms with Crippen LogP contribution in [0.25, 0.3) is 0 Å². The van der Waals surface area contributed by atoms with Gasteiger partial charge in [-0.05, 0) is 17.7 Å². The Morgan fingerprint density at radius 1 is 1.26 bits per heavy atom. The monoisotopic (exact) mass is 262 g/mol. The Morgan fingerprint density at radius 3 is 2.58 bits per heavy atom. The number of aromatic nitrogens is 1. The first-order chi connectivity index (χ1) is 9.29. The van der Waals surface area contributed by atoms with E-state index in [0.29, 0.717) is 39.3 Å². The second-order valence-corrected chi connectivity index (χ2v) is 4.48. The summed E-state index contributed by atoms with van der Waals surface area (Å²) < 4.78 is 0. The van der Waals surface area contributed by atoms with Crippen molar-refractivity contribution in [3.63, 3.8) is 0 Å². The zero-order chi connectivity index (χ0) is 13.5. The van der Waals surface area contributed by atoms with Gasteiger partial charge in [0.2, 0.25) is 12.3 Å². The Kier molecular flexibility index (Phi) is 4.85. The summed E-state index contributed by atoms with van der Waals surface area (Å²) in [5.74, 6) is 0.0830. The van der Waals surface area contributed by atoms with Crippen LogP contribution in [0.15, 0.2) is 24.5 Å². The minimum absolute atomic E-state index is 0.0830. The van der Waals surface area contributed by atoms with Gasteiger partial charge in [-0.25, -0.2) is 0 Å². The molecule has 1 saturated heterocycles. The number of carbonyl (C=O) groups is 2. The van der Waals surface area contributed by atoms with Crippen LogP contribution in [0.4, 0.5) is 0 Å². The van der Waals surface area contributed by atoms with E-state index in [9.17, 15) is 9.59 Å². The average molecular weight is 262 g/mol. The summed E-state index contributed by atoms with van der Waals surface area (Å²) in [7, 11) is 0. The lowest BCUT2D eigenvalue weighted by atomic mass is 10.2. The third kappa shape index (κ3) is 4.03. The second kappa shape index (κ2) is 6.84. The minimum Gasteiger partial charge on any atom is -0.342 e. The van der Waals surface area contributed by atoms with Crippen molar-refractivity contribution >= 4 is 12.3 Å². The Morgan fingerprint density at radius 2 is 1.95 bits per heavy atom. The lowest BCUT2D eigenvalue weighted by molar-refractivity contribution is -0.134. The van der Waals surface area contributed by atoms with Crippen LogP contribution in [0.3, 0.4) is 0 Å². The molecule has 6 nitrogen and oxygen atoms in total. The number of pyridine rings is 1. The SMILES string of the molecule is O=CN1CCN(C(=O)CNCc2ccncc2)CC1. The van der Waals surface area contributed by atoms with E-state index in [1.54, 1.807) is 22.2 Å². The summed E-state index contributed by atoms with van der Waals surface area (Å²) in [6.07, 6.45) is 4.30. The van der Waals surface area contributed by atoms with Gasteiger partial charge in [0.1, 0.15) is 0 Å². The highest BCUT2D eigenvalue weighted by Crippen LogP contribution is 2.00. The van der Waals surface area contributed by atoms with Crippen molar-refractivity contribution < 1.29 is 9.59 Å². The molecule has 0 aromatic carbocycles. The molecular weight excluding hydrogens is 244 g/mol. The lowest BCUT2D eigenvalue weighted by Gasteiger charge is -2.32. The molecule has 1 fully saturated rings. The Hall–Kier alpha value is -1.95. The summed E-state index contributed by atoms with van der Waals surface area (Å²) in [4.78, 5) is 29.9. The van der Waals surface area contributed by atoms with E-state index in [-0.39, 0.29) is 5.91 Å². The molecule has 2 amide bonds. The van der Waals surface area contributed by atoms with Crippen LogP contribution in [-0.4, -0.2) is 59.8 Å². The topological polar surface area (TPSA) is 65.5 Å². The zero-order valence-electron chi connectivity index (χ0n) is 10.8. The Bertz CT molecular complexity index is 416. The van der Waals surface area contributed by atoms with Crippen LogP contribution >= 0.6 is 0 Å². The lowest BCUT2D eigenvalue weighted by Crippen LogP contribution is -2.50. The molecule has 0 radical (unpaired) electrons. The summed E-state index contributed by atoms with van der Waals surface area (Å²) in [5.41, 5.74) is 1.11. The van der Waals surface area contributed by atoms with Crippen LogP contribution in [0.5, 0.6) is 0 Å². The van der Waals surface area contributed by atoms with E-state index in [1.165, 1.54) is 0 Å². The van der Waals surface area contributed by atoms with Crippen molar-refractivity contribution in [1.29, 1.82) is 0 Å². The number of nitrogens with zero attached hydrogens (tertiary/aromatic N) is 3. The molecule has 6 heteroatoms. The molecule has 1 aliphatic heterocycles. The van der Waals surface area contributed by atoms with E-state index in [0.717, 1.165) is 12.0 Å². The quantitative estimate of drug-likeness (QED) is 0.725. The fourth-order valence-corrected chi connectivity index (χ4v) is 2.00. The zero-order valence-corrected chi connectivity index (χ0v) is 10.8. The van der Waals surface area contributed by atoms with Crippen LogP contribution in [0.1, 0.15) is 5.56 Å². The summed E-state index contributed by atoms with van der Waals surface area (Å²) in [5, 5.41) is 3.12. The first-order valence-corrected chi connectivity index (χ1v) is 6.36. The van der Waals surface area contributed by atoms with Gasteiger partial charge in [0.05, 0.1) is 6.54 Å². The number of nitrogens with one attached hydrogen (secondary N) is 1. The molecule has 1 aliphatic rings. The fourth-order valence-electron chi connectivity index (χ4n) is 2.00. The maximum Gasteiger partial charge on any atom is 0.236 e. The predicted molar refractivity (Wildman–Crippen MR) is 70.2 cm³/mol. The summed E-state index contributed by atoms with van der Waals surface area (Å²) in [6.45, 7) is 3.47. The third-order valence-electron chi connectivity index (χ3n) is 3.17. The van der Waals surface area contributed by atoms with Crippen LogP contribution < -0.4 is 5.32 Å². The van der Waals surface area contributed by atoms with Gasteiger partial charge in [0, 0.05) is 45.1 Å². The van der Waals surface area contributed by atoms with E-state index < -0.39 is 0 Å². The molecule has 1 aromatic heterocycles. The Labute approximate surface area is 112 Å². The normalized spacial score (nSPS) is 15.4. The molecule has 0 saturated carbocycles. The van der Waals surface area contributed by atoms with Gasteiger partial charge in [0.25, 0.3) is 0 Å². The highest BCUT2D eigenvalue weighted by Gasteiger charge is 2.19. The van der Waals surface area contributed by atoms with Gasteiger partial charge in [0.15, 0.2) is 0 Å². The predicted octanol–water partition coefficient (Wildman–Crippen LogP) is -0.528. The molecular formula is C13H18N4O2. The van der Waals surface area contributed by atoms with Crippen molar-refractivity contribution in [3.05, 3.63) is 30.1 Å². The average Bonchev–Trinajstić information content (AvgIpc) is 2.48. The van der Waals surface area contributed by atoms with Gasteiger partial charge < -0.3 is 15.1 Å². The smallest absolute Gasteiger partial charge is 0.236 e. The van der Waals surface area contributed by atoms with Gasteiger partial charge in [-0.1, -0.05) is 0 Å². The first-order valence-electron chi connectivity index (χ1n) is 6.36. The Balaban J connectivity index is 1.69. The van der Waals surface area contributed by atoms with Crippen LogP contribution in [0, 0.1) is 0 Å². The molecule has 19 heavy (non-hydrogen) atoms. The van der Waals surface area contributed by atoms with E-state index in [1.807, 2.05) is 12.1 Å². The summed E-state index contributed by atoms with van der Waals surface area (Å²) in [6, 6.07) is 3.83. The first kappa shape index (κ1) is 13.5. The third-order valence-corrected chi connectivity index (χ3v) is 3.17. The summed E-state index contributed by atoms with van der Waals surface area (Å²) >= 11 is 0. The molecule has 1 aromatic rings. The highest BCUT2D eigenvalue weighted by atomic mass is 16.2. The number of amides is 2. The van der Waals surface area contributed by atoms with E-state index >= 15 is 0 Å². The number of hydrogen-bond acceptors (Lipinski definition) is 4. The minimum atomic E-state index is 0.0830. The largest absolute Gasteiger partial charge is 0.342 e. The molecule has 102 valence electrons. The van der Waals surface area contributed by atoms with Gasteiger partial charge in [-0.3, -0.25) is 14.6 Å². The van der Waals surface area contributed by atoms with Gasteiger partial charge in [-0.2, -0.15) is 0 Å². The van der Waals surface area contributed by atoms with Crippen molar-refractivity contribution in [2.75, 3.05) is 32.7 Å². The van der Waals surface area contributed by atoms with E-state index in [4.69, 9.17) is 0 Å². The van der Waals surface area contributed by atoms with Crippen LogP contribution in [0.2, 0.25) is 0 Å². The fraction of sp³-hybridized carbons (Fsp3) is 0.462. The van der Waals surface area contributed by atoms with Crippen molar-refractivity contribution in [2.24, 2.45) is 0 Å². The van der Waals surface area contributed by atoms with Crippen molar-refractivity contribution in [3.8, 4) is 0 Å². The molecule has 0 unspecified atom stereocenters. The highest BCUT2D eigenvalue weighted by molar-refractivity contribution is 5.78. The molecule has 0 aliphatic carbocycles. The molecule has 0 atom stereocenters. The molecule has 2 heterocycles. The number of rotatable bonds is 5. The molecule has 0 spiro atoms. The van der Waals surface area contributed by atoms with Gasteiger partial charge >= 0.3 is 0 Å². The maximum atomic E-state index is 11.9. The molecule has 0 bridgehead atoms. The van der Waals surface area contributed by atoms with Gasteiger partial charge in [-0.15, -0.1) is 0 Å². The number of piperazine rings is 1. The molecule has 1 N–H and O–H groups in total. The maximum absolute atomic E-state index is 11.9. The standard InChI is InChI=1S/C13H18N4O2/c18-11-16-5-7-17(8-6-16)13(19)10-15-9-12-1-3-14-4-2-12/h1-4,11,15H,5-10H2. The van der Waals surface area contributed by atoms with E-state index in [2.05, 4.69) is 10.3 Å².